The molecule has 0 saturated carbocycles. The molecule has 0 spiro atoms. The first-order chi connectivity index (χ1) is 14.9. The normalized spacial score (nSPS) is 25.0. The number of ether oxygens (including phenoxy) is 3. The van der Waals surface area contributed by atoms with Gasteiger partial charge in [-0.3, -0.25) is 4.79 Å². The lowest BCUT2D eigenvalue weighted by Crippen LogP contribution is -2.34. The predicted octanol–water partition coefficient (Wildman–Crippen LogP) is 2.56. The van der Waals surface area contributed by atoms with Crippen molar-refractivity contribution in [3.63, 3.8) is 0 Å². The lowest BCUT2D eigenvalue weighted by molar-refractivity contribution is 0.00706. The summed E-state index contributed by atoms with van der Waals surface area (Å²) < 4.78 is 30.8. The fraction of sp³-hybridized carbons (Fsp3) is 0.316. The molecule has 2 aliphatic heterocycles. The van der Waals surface area contributed by atoms with Crippen LogP contribution < -0.4 is 10.1 Å². The van der Waals surface area contributed by atoms with Crippen LogP contribution in [0, 0.1) is 5.82 Å². The number of aromatic nitrogens is 3. The van der Waals surface area contributed by atoms with E-state index in [0.29, 0.717) is 5.52 Å². The molecule has 162 valence electrons. The molecule has 1 aromatic carbocycles. The van der Waals surface area contributed by atoms with E-state index in [-0.39, 0.29) is 46.3 Å². The Hall–Kier alpha value is -2.50. The van der Waals surface area contributed by atoms with Gasteiger partial charge in [-0.2, -0.15) is 4.98 Å². The Labute approximate surface area is 184 Å². The Kier molecular flexibility index (Phi) is 5.19. The number of hydrogen-bond acceptors (Lipinski definition) is 7. The minimum absolute atomic E-state index is 0.00287. The van der Waals surface area contributed by atoms with E-state index in [4.69, 9.17) is 37.4 Å². The first kappa shape index (κ1) is 20.4. The maximum atomic E-state index is 13.9. The Morgan fingerprint density at radius 2 is 2.03 bits per heavy atom. The first-order valence-electron chi connectivity index (χ1n) is 9.29. The van der Waals surface area contributed by atoms with E-state index in [2.05, 4.69) is 20.3 Å². The van der Waals surface area contributed by atoms with Crippen molar-refractivity contribution in [3.8, 4) is 6.01 Å². The molecular formula is C19H15Cl2FN4O5. The van der Waals surface area contributed by atoms with Crippen LogP contribution in [0.3, 0.4) is 0 Å². The average Bonchev–Trinajstić information content (AvgIpc) is 3.41. The lowest BCUT2D eigenvalue weighted by atomic mass is 10.1. The molecule has 0 bridgehead atoms. The number of fused-ring (bicyclic) bond motifs is 2. The molecule has 4 heterocycles. The van der Waals surface area contributed by atoms with Gasteiger partial charge in [0, 0.05) is 5.02 Å². The molecule has 3 N–H and O–H groups in total. The Balaban J connectivity index is 1.36. The van der Waals surface area contributed by atoms with Gasteiger partial charge in [-0.05, 0) is 24.3 Å². The van der Waals surface area contributed by atoms with Crippen LogP contribution in [-0.2, 0) is 9.47 Å². The summed E-state index contributed by atoms with van der Waals surface area (Å²) in [4.78, 5) is 23.8. The second kappa shape index (κ2) is 7.88. The van der Waals surface area contributed by atoms with Gasteiger partial charge in [0.25, 0.3) is 11.9 Å². The van der Waals surface area contributed by atoms with Crippen molar-refractivity contribution in [1.82, 2.24) is 15.0 Å². The number of halogens is 3. The number of benzene rings is 1. The molecule has 31 heavy (non-hydrogen) atoms. The largest absolute Gasteiger partial charge is 0.456 e. The van der Waals surface area contributed by atoms with Crippen LogP contribution in [0.2, 0.25) is 10.0 Å². The Bertz CT molecular complexity index is 1180. The fourth-order valence-corrected chi connectivity index (χ4v) is 3.94. The monoisotopic (exact) mass is 468 g/mol. The molecule has 2 saturated heterocycles. The molecule has 2 aromatic heterocycles. The number of pyridine rings is 1. The highest BCUT2D eigenvalue weighted by Crippen LogP contribution is 2.31. The number of rotatable bonds is 4. The third-order valence-electron chi connectivity index (χ3n) is 5.05. The molecule has 2 fully saturated rings. The van der Waals surface area contributed by atoms with Crippen molar-refractivity contribution in [2.45, 2.75) is 24.4 Å². The number of nitrogens with zero attached hydrogens (tertiary/aromatic N) is 2. The number of nitrogens with one attached hydrogen (secondary N) is 2. The number of carbonyl (C=O) groups excluding carboxylic acids is 1. The average molecular weight is 469 g/mol. The number of imidazole rings is 1. The van der Waals surface area contributed by atoms with Crippen LogP contribution in [0.25, 0.3) is 11.2 Å². The molecule has 3 aromatic rings. The number of hydrogen-bond donors (Lipinski definition) is 3. The SMILES string of the molecule is O=C(Nc1nc2nc(O[C@@H]3CO[C@H]4[C@@H]3OC[C@H]4O)[nH]c2cc1Cl)c1cc(Cl)ccc1F. The van der Waals surface area contributed by atoms with Crippen LogP contribution in [0.1, 0.15) is 10.4 Å². The molecule has 1 amide bonds. The highest BCUT2D eigenvalue weighted by atomic mass is 35.5. The van der Waals surface area contributed by atoms with Gasteiger partial charge < -0.3 is 29.6 Å². The van der Waals surface area contributed by atoms with Crippen molar-refractivity contribution in [2.75, 3.05) is 18.5 Å². The third kappa shape index (κ3) is 3.81. The van der Waals surface area contributed by atoms with Crippen LogP contribution in [0.4, 0.5) is 10.2 Å². The fourth-order valence-electron chi connectivity index (χ4n) is 3.57. The third-order valence-corrected chi connectivity index (χ3v) is 5.58. The van der Waals surface area contributed by atoms with E-state index in [9.17, 15) is 14.3 Å². The number of aromatic amines is 1. The predicted molar refractivity (Wildman–Crippen MR) is 108 cm³/mol. The number of carbonyl (C=O) groups is 1. The van der Waals surface area contributed by atoms with Gasteiger partial charge in [-0.15, -0.1) is 0 Å². The van der Waals surface area contributed by atoms with Gasteiger partial charge in [0.2, 0.25) is 0 Å². The topological polar surface area (TPSA) is 119 Å². The smallest absolute Gasteiger partial charge is 0.296 e. The van der Waals surface area contributed by atoms with Crippen LogP contribution >= 0.6 is 23.2 Å². The van der Waals surface area contributed by atoms with Gasteiger partial charge in [0.1, 0.15) is 24.1 Å². The van der Waals surface area contributed by atoms with Crippen molar-refractivity contribution < 1.29 is 28.5 Å². The van der Waals surface area contributed by atoms with E-state index < -0.39 is 36.1 Å². The van der Waals surface area contributed by atoms with Gasteiger partial charge in [-0.1, -0.05) is 23.2 Å². The quantitative estimate of drug-likeness (QED) is 0.538. The van der Waals surface area contributed by atoms with E-state index in [1.807, 2.05) is 0 Å². The zero-order chi connectivity index (χ0) is 21.7. The summed E-state index contributed by atoms with van der Waals surface area (Å²) in [5, 5.41) is 12.6. The van der Waals surface area contributed by atoms with Crippen molar-refractivity contribution >= 4 is 46.1 Å². The Morgan fingerprint density at radius 3 is 2.87 bits per heavy atom. The standard InChI is InChI=1S/C19H15Cl2FN4O5/c20-7-1-2-10(22)8(3-7)18(28)25-16-9(21)4-11-17(24-16)26-19(23-11)31-13-6-30-14-12(27)5-29-15(13)14/h1-4,12-15,27H,5-6H2,(H2,23,24,25,26,28)/t12-,13-,14-,15-/m1/s1. The maximum absolute atomic E-state index is 13.9. The molecule has 5 rings (SSSR count). The maximum Gasteiger partial charge on any atom is 0.296 e. The lowest BCUT2D eigenvalue weighted by Gasteiger charge is -2.15. The first-order valence-corrected chi connectivity index (χ1v) is 10.1. The zero-order valence-electron chi connectivity index (χ0n) is 15.6. The highest BCUT2D eigenvalue weighted by molar-refractivity contribution is 6.34. The number of aliphatic hydroxyl groups is 1. The van der Waals surface area contributed by atoms with Crippen LogP contribution in [0.5, 0.6) is 6.01 Å². The molecular weight excluding hydrogens is 454 g/mol. The second-order valence-corrected chi connectivity index (χ2v) is 7.97. The number of aliphatic hydroxyl groups excluding tert-OH is 1. The summed E-state index contributed by atoms with van der Waals surface area (Å²) in [6, 6.07) is 5.31. The van der Waals surface area contributed by atoms with Crippen LogP contribution in [-0.4, -0.2) is 63.6 Å². The number of H-pyrrole nitrogens is 1. The minimum Gasteiger partial charge on any atom is -0.456 e. The summed E-state index contributed by atoms with van der Waals surface area (Å²) in [6.07, 6.45) is -1.98. The molecule has 9 nitrogen and oxygen atoms in total. The van der Waals surface area contributed by atoms with Crippen molar-refractivity contribution in [2.24, 2.45) is 0 Å². The van der Waals surface area contributed by atoms with Gasteiger partial charge >= 0.3 is 0 Å². The molecule has 4 atom stereocenters. The van der Waals surface area contributed by atoms with E-state index in [0.717, 1.165) is 6.07 Å². The second-order valence-electron chi connectivity index (χ2n) is 7.13. The number of anilines is 1. The molecule has 0 unspecified atom stereocenters. The molecule has 0 radical (unpaired) electrons. The van der Waals surface area contributed by atoms with Gasteiger partial charge in [0.15, 0.2) is 17.6 Å². The number of amides is 1. The molecule has 2 aliphatic rings. The van der Waals surface area contributed by atoms with Crippen molar-refractivity contribution in [1.29, 1.82) is 0 Å². The van der Waals surface area contributed by atoms with Gasteiger partial charge in [-0.25, -0.2) is 9.37 Å². The van der Waals surface area contributed by atoms with Crippen LogP contribution in [0.15, 0.2) is 24.3 Å². The summed E-state index contributed by atoms with van der Waals surface area (Å²) in [5.41, 5.74) is 0.449. The van der Waals surface area contributed by atoms with E-state index in [1.54, 1.807) is 0 Å². The molecule has 0 aliphatic carbocycles. The van der Waals surface area contributed by atoms with E-state index >= 15 is 0 Å². The van der Waals surface area contributed by atoms with Crippen molar-refractivity contribution in [3.05, 3.63) is 45.7 Å². The van der Waals surface area contributed by atoms with E-state index in [1.165, 1.54) is 18.2 Å². The summed E-state index contributed by atoms with van der Waals surface area (Å²) >= 11 is 12.1. The summed E-state index contributed by atoms with van der Waals surface area (Å²) in [6.45, 7) is 0.424. The summed E-state index contributed by atoms with van der Waals surface area (Å²) in [7, 11) is 0. The summed E-state index contributed by atoms with van der Waals surface area (Å²) in [5.74, 6) is -1.49. The molecule has 12 heteroatoms. The Morgan fingerprint density at radius 1 is 1.23 bits per heavy atom. The van der Waals surface area contributed by atoms with Gasteiger partial charge in [0.05, 0.1) is 29.3 Å². The zero-order valence-corrected chi connectivity index (χ0v) is 17.2. The highest BCUT2D eigenvalue weighted by Gasteiger charge is 2.48. The minimum atomic E-state index is -0.758.